The topological polar surface area (TPSA) is 63.8 Å². The highest BCUT2D eigenvalue weighted by Gasteiger charge is 2.08. The van der Waals surface area contributed by atoms with Gasteiger partial charge in [0.05, 0.1) is 0 Å². The summed E-state index contributed by atoms with van der Waals surface area (Å²) in [6.07, 6.45) is 0.744. The van der Waals surface area contributed by atoms with Gasteiger partial charge < -0.3 is 11.1 Å². The molecule has 0 amide bonds. The predicted octanol–water partition coefficient (Wildman–Crippen LogP) is 3.64. The molecule has 0 bridgehead atoms. The molecule has 0 fully saturated rings. The molecule has 0 unspecified atom stereocenters. The molecule has 100 valence electrons. The first-order chi connectivity index (χ1) is 9.01. The van der Waals surface area contributed by atoms with Gasteiger partial charge in [-0.25, -0.2) is 9.97 Å². The van der Waals surface area contributed by atoms with E-state index in [1.54, 1.807) is 0 Å². The monoisotopic (exact) mass is 276 g/mol. The van der Waals surface area contributed by atoms with E-state index in [2.05, 4.69) is 15.3 Å². The molecule has 2 rings (SSSR count). The average Bonchev–Trinajstić information content (AvgIpc) is 2.39. The third-order valence-corrected chi connectivity index (χ3v) is 3.39. The first kappa shape index (κ1) is 13.6. The van der Waals surface area contributed by atoms with Crippen molar-refractivity contribution in [2.45, 2.75) is 27.2 Å². The van der Waals surface area contributed by atoms with Crippen molar-refractivity contribution in [1.82, 2.24) is 9.97 Å². The maximum Gasteiger partial charge on any atom is 0.139 e. The largest absolute Gasteiger partial charge is 0.383 e. The fraction of sp³-hybridized carbons (Fsp3) is 0.286. The number of hydrogen-bond donors (Lipinski definition) is 2. The minimum absolute atomic E-state index is 0.507. The Morgan fingerprint density at radius 3 is 2.63 bits per heavy atom. The number of hydrogen-bond acceptors (Lipinski definition) is 4. The molecule has 0 saturated heterocycles. The van der Waals surface area contributed by atoms with Crippen LogP contribution in [0.2, 0.25) is 5.02 Å². The molecule has 0 aliphatic heterocycles. The molecule has 0 spiro atoms. The Hall–Kier alpha value is -1.81. The van der Waals surface area contributed by atoms with Gasteiger partial charge in [-0.1, -0.05) is 24.6 Å². The number of aryl methyl sites for hydroxylation is 2. The van der Waals surface area contributed by atoms with E-state index in [0.29, 0.717) is 5.82 Å². The number of nitrogens with zero attached hydrogens (tertiary/aromatic N) is 2. The van der Waals surface area contributed by atoms with Gasteiger partial charge in [0, 0.05) is 22.7 Å². The average molecular weight is 277 g/mol. The number of benzene rings is 1. The summed E-state index contributed by atoms with van der Waals surface area (Å²) in [6, 6.07) is 5.80. The van der Waals surface area contributed by atoms with Gasteiger partial charge in [-0.2, -0.15) is 0 Å². The zero-order chi connectivity index (χ0) is 14.0. The quantitative estimate of drug-likeness (QED) is 0.898. The zero-order valence-electron chi connectivity index (χ0n) is 11.3. The van der Waals surface area contributed by atoms with Gasteiger partial charge in [0.15, 0.2) is 0 Å². The van der Waals surface area contributed by atoms with Gasteiger partial charge in [-0.3, -0.25) is 0 Å². The summed E-state index contributed by atoms with van der Waals surface area (Å²) in [5.41, 5.74) is 8.66. The van der Waals surface area contributed by atoms with Crippen molar-refractivity contribution >= 4 is 28.9 Å². The van der Waals surface area contributed by atoms with Gasteiger partial charge in [0.2, 0.25) is 0 Å². The fourth-order valence-electron chi connectivity index (χ4n) is 1.67. The minimum atomic E-state index is 0.507. The van der Waals surface area contributed by atoms with E-state index >= 15 is 0 Å². The van der Waals surface area contributed by atoms with Gasteiger partial charge in [-0.15, -0.1) is 0 Å². The molecule has 0 radical (unpaired) electrons. The van der Waals surface area contributed by atoms with Crippen molar-refractivity contribution in [3.05, 3.63) is 40.2 Å². The lowest BCUT2D eigenvalue weighted by Gasteiger charge is -2.12. The molecule has 0 aliphatic carbocycles. The lowest BCUT2D eigenvalue weighted by atomic mass is 10.2. The maximum absolute atomic E-state index is 6.11. The first-order valence-corrected chi connectivity index (χ1v) is 6.55. The molecule has 0 saturated carbocycles. The van der Waals surface area contributed by atoms with Gasteiger partial charge in [0.25, 0.3) is 0 Å². The fourth-order valence-corrected chi connectivity index (χ4v) is 1.85. The number of anilines is 3. The van der Waals surface area contributed by atoms with Crippen molar-refractivity contribution in [3.63, 3.8) is 0 Å². The second kappa shape index (κ2) is 5.45. The van der Waals surface area contributed by atoms with E-state index in [0.717, 1.165) is 39.9 Å². The second-order valence-corrected chi connectivity index (χ2v) is 4.85. The lowest BCUT2D eigenvalue weighted by molar-refractivity contribution is 0.940. The number of nitrogens with two attached hydrogens (primary N) is 1. The molecule has 0 atom stereocenters. The van der Waals surface area contributed by atoms with Crippen molar-refractivity contribution in [3.8, 4) is 0 Å². The molecule has 1 heterocycles. The lowest BCUT2D eigenvalue weighted by Crippen LogP contribution is -2.06. The van der Waals surface area contributed by atoms with Crippen LogP contribution in [0.1, 0.15) is 23.9 Å². The number of rotatable bonds is 3. The van der Waals surface area contributed by atoms with Crippen molar-refractivity contribution < 1.29 is 0 Å². The van der Waals surface area contributed by atoms with E-state index in [4.69, 9.17) is 17.3 Å². The van der Waals surface area contributed by atoms with E-state index in [9.17, 15) is 0 Å². The van der Waals surface area contributed by atoms with Crippen LogP contribution < -0.4 is 11.1 Å². The highest BCUT2D eigenvalue weighted by Crippen LogP contribution is 2.25. The summed E-state index contributed by atoms with van der Waals surface area (Å²) in [7, 11) is 0. The van der Waals surface area contributed by atoms with Crippen LogP contribution in [0.4, 0.5) is 17.3 Å². The summed E-state index contributed by atoms with van der Waals surface area (Å²) >= 11 is 6.11. The van der Waals surface area contributed by atoms with Crippen LogP contribution in [0.25, 0.3) is 0 Å². The Kier molecular flexibility index (Phi) is 3.90. The van der Waals surface area contributed by atoms with E-state index in [-0.39, 0.29) is 0 Å². The highest BCUT2D eigenvalue weighted by atomic mass is 35.5. The van der Waals surface area contributed by atoms with E-state index in [1.165, 1.54) is 0 Å². The summed E-state index contributed by atoms with van der Waals surface area (Å²) in [5, 5.41) is 3.96. The Bertz CT molecular complexity index is 611. The minimum Gasteiger partial charge on any atom is -0.383 e. The van der Waals surface area contributed by atoms with Crippen LogP contribution in [0, 0.1) is 13.8 Å². The normalized spacial score (nSPS) is 10.5. The first-order valence-electron chi connectivity index (χ1n) is 6.17. The van der Waals surface area contributed by atoms with E-state index in [1.807, 2.05) is 39.0 Å². The van der Waals surface area contributed by atoms with Crippen molar-refractivity contribution in [1.29, 1.82) is 0 Å². The third kappa shape index (κ3) is 2.96. The third-order valence-electron chi connectivity index (χ3n) is 2.98. The number of nitrogens with one attached hydrogen (secondary N) is 1. The van der Waals surface area contributed by atoms with Gasteiger partial charge in [-0.05, 0) is 31.5 Å². The van der Waals surface area contributed by atoms with Crippen LogP contribution in [0.15, 0.2) is 18.2 Å². The van der Waals surface area contributed by atoms with Gasteiger partial charge in [0.1, 0.15) is 17.5 Å². The van der Waals surface area contributed by atoms with E-state index < -0.39 is 0 Å². The van der Waals surface area contributed by atoms with Gasteiger partial charge >= 0.3 is 0 Å². The zero-order valence-corrected chi connectivity index (χ0v) is 12.0. The molecule has 2 aromatic rings. The Morgan fingerprint density at radius 2 is 2.00 bits per heavy atom. The SMILES string of the molecule is CCc1nc(N)c(C)c(Nc2ccc(C)c(Cl)c2)n1. The van der Waals surface area contributed by atoms with Crippen LogP contribution >= 0.6 is 11.6 Å². The predicted molar refractivity (Wildman–Crippen MR) is 80.0 cm³/mol. The molecular weight excluding hydrogens is 260 g/mol. The molecule has 0 aliphatic rings. The van der Waals surface area contributed by atoms with Crippen LogP contribution in [-0.2, 0) is 6.42 Å². The Labute approximate surface area is 118 Å². The smallest absolute Gasteiger partial charge is 0.139 e. The molecule has 3 N–H and O–H groups in total. The standard InChI is InChI=1S/C14H17ClN4/c1-4-12-18-13(16)9(3)14(19-12)17-10-6-5-8(2)11(15)7-10/h5-7H,4H2,1-3H3,(H3,16,17,18,19). The highest BCUT2D eigenvalue weighted by molar-refractivity contribution is 6.31. The molecule has 1 aromatic heterocycles. The molecule has 19 heavy (non-hydrogen) atoms. The van der Waals surface area contributed by atoms with Crippen molar-refractivity contribution in [2.24, 2.45) is 0 Å². The molecular formula is C14H17ClN4. The summed E-state index contributed by atoms with van der Waals surface area (Å²) in [5.74, 6) is 1.96. The van der Waals surface area contributed by atoms with Crippen LogP contribution in [0.3, 0.4) is 0 Å². The van der Waals surface area contributed by atoms with Crippen LogP contribution in [0.5, 0.6) is 0 Å². The number of aromatic nitrogens is 2. The summed E-state index contributed by atoms with van der Waals surface area (Å²) in [4.78, 5) is 8.68. The number of nitrogen functional groups attached to an aromatic ring is 1. The maximum atomic E-state index is 6.11. The summed E-state index contributed by atoms with van der Waals surface area (Å²) < 4.78 is 0. The molecule has 5 heteroatoms. The van der Waals surface area contributed by atoms with Crippen LogP contribution in [-0.4, -0.2) is 9.97 Å². The molecule has 4 nitrogen and oxygen atoms in total. The Balaban J connectivity index is 2.37. The summed E-state index contributed by atoms with van der Waals surface area (Å²) in [6.45, 7) is 5.86. The van der Waals surface area contributed by atoms with Crippen molar-refractivity contribution in [2.75, 3.05) is 11.1 Å². The molecule has 1 aromatic carbocycles. The Morgan fingerprint density at radius 1 is 1.26 bits per heavy atom. The second-order valence-electron chi connectivity index (χ2n) is 4.44. The number of halogens is 1.